The van der Waals surface area contributed by atoms with E-state index in [0.29, 0.717) is 28.5 Å². The Morgan fingerprint density at radius 3 is 2.69 bits per heavy atom. The van der Waals surface area contributed by atoms with Crippen molar-refractivity contribution in [3.05, 3.63) is 93.6 Å². The highest BCUT2D eigenvalue weighted by Gasteiger charge is 2.52. The molecule has 0 amide bonds. The third-order valence-corrected chi connectivity index (χ3v) is 6.20. The average molecular weight is 450 g/mol. The van der Waals surface area contributed by atoms with Gasteiger partial charge >= 0.3 is 8.40 Å². The number of rotatable bonds is 6. The highest BCUT2D eigenvalue weighted by Crippen LogP contribution is 2.34. The Kier molecular flexibility index (Phi) is 4.90. The average Bonchev–Trinajstić information content (AvgIpc) is 3.51. The van der Waals surface area contributed by atoms with Gasteiger partial charge in [0.15, 0.2) is 11.4 Å². The van der Waals surface area contributed by atoms with Gasteiger partial charge in [0.05, 0.1) is 10.8 Å². The Labute approximate surface area is 188 Å². The molecule has 4 heterocycles. The van der Waals surface area contributed by atoms with Crippen LogP contribution < -0.4 is 9.84 Å². The number of thiophene rings is 1. The zero-order valence-corrected chi connectivity index (χ0v) is 17.5. The number of allylic oxidation sites excluding steroid dienone is 2. The number of carbonyl (C=O) groups excluding carboxylic acids is 1. The van der Waals surface area contributed by atoms with Crippen LogP contribution in [0.15, 0.2) is 71.8 Å². The molecular formula is C23H17BF2N2O3S. The second kappa shape index (κ2) is 7.76. The van der Waals surface area contributed by atoms with Gasteiger partial charge in [0.2, 0.25) is 0 Å². The maximum Gasteiger partial charge on any atom is 1.00 e. The number of ether oxygens (including phenoxy) is 1. The predicted molar refractivity (Wildman–Crippen MR) is 121 cm³/mol. The lowest BCUT2D eigenvalue weighted by Gasteiger charge is -2.30. The topological polar surface area (TPSA) is 57.3 Å². The van der Waals surface area contributed by atoms with Crippen LogP contribution in [0.1, 0.15) is 23.3 Å². The van der Waals surface area contributed by atoms with Gasteiger partial charge in [-0.3, -0.25) is 0 Å². The summed E-state index contributed by atoms with van der Waals surface area (Å²) in [5.41, 5.74) is 2.57. The Morgan fingerprint density at radius 1 is 1.16 bits per heavy atom. The maximum absolute atomic E-state index is 15.8. The number of aromatic nitrogens is 1. The lowest BCUT2D eigenvalue weighted by molar-refractivity contribution is -0.360. The molecule has 0 saturated heterocycles. The van der Waals surface area contributed by atoms with Crippen LogP contribution in [0.3, 0.4) is 0 Å². The van der Waals surface area contributed by atoms with E-state index in [0.717, 1.165) is 19.4 Å². The summed E-state index contributed by atoms with van der Waals surface area (Å²) in [6.45, 7) is -4.62. The summed E-state index contributed by atoms with van der Waals surface area (Å²) in [7, 11) is 0. The molecule has 5 rings (SSSR count). The van der Waals surface area contributed by atoms with Crippen LogP contribution >= 0.6 is 11.3 Å². The van der Waals surface area contributed by atoms with E-state index < -0.39 is 19.5 Å². The van der Waals surface area contributed by atoms with Crippen LogP contribution in [0, 0.1) is 0 Å². The minimum atomic E-state index is -4.09. The van der Waals surface area contributed by atoms with Gasteiger partial charge in [-0.2, -0.15) is 0 Å². The molecule has 32 heavy (non-hydrogen) atoms. The van der Waals surface area contributed by atoms with Crippen molar-refractivity contribution in [1.29, 1.82) is 0 Å². The molecule has 0 bridgehead atoms. The molecule has 2 aliphatic heterocycles. The highest BCUT2D eigenvalue weighted by molar-refractivity contribution is 7.12. The number of hydrogen-bond donors (Lipinski definition) is 0. The normalized spacial score (nSPS) is 16.2. The number of halogens is 2. The molecule has 0 radical (unpaired) electrons. The van der Waals surface area contributed by atoms with Gasteiger partial charge < -0.3 is 32.2 Å². The fourth-order valence-corrected chi connectivity index (χ4v) is 4.66. The van der Waals surface area contributed by atoms with Gasteiger partial charge in [-0.1, -0.05) is 24.3 Å². The van der Waals surface area contributed by atoms with Crippen molar-refractivity contribution in [3.8, 4) is 5.75 Å². The van der Waals surface area contributed by atoms with Gasteiger partial charge in [0, 0.05) is 29.6 Å². The van der Waals surface area contributed by atoms with Crippen molar-refractivity contribution >= 4 is 48.2 Å². The number of carboxylic acid groups (broad SMARTS) is 1. The first-order valence-electron chi connectivity index (χ1n) is 9.88. The fraction of sp³-hybridized carbons (Fsp3) is 0.0435. The zero-order valence-electron chi connectivity index (χ0n) is 17.7. The second-order valence-corrected chi connectivity index (χ2v) is 8.29. The summed E-state index contributed by atoms with van der Waals surface area (Å²) >= 11 is 1.43. The third-order valence-electron chi connectivity index (χ3n) is 5.30. The Hall–Kier alpha value is -3.72. The van der Waals surface area contributed by atoms with Crippen molar-refractivity contribution < 1.29 is 29.2 Å². The van der Waals surface area contributed by atoms with Crippen molar-refractivity contribution in [2.45, 2.75) is 0 Å². The van der Waals surface area contributed by atoms with Crippen molar-refractivity contribution in [1.82, 2.24) is 4.48 Å². The highest BCUT2D eigenvalue weighted by atomic mass is 32.1. The van der Waals surface area contributed by atoms with E-state index in [9.17, 15) is 9.90 Å². The van der Waals surface area contributed by atoms with Crippen LogP contribution in [-0.4, -0.2) is 34.2 Å². The Morgan fingerprint density at radius 2 is 1.97 bits per heavy atom. The first-order chi connectivity index (χ1) is 15.4. The minimum Gasteiger partial charge on any atom is -0.546 e. The summed E-state index contributed by atoms with van der Waals surface area (Å²) < 4.78 is 38.8. The molecule has 0 unspecified atom stereocenters. The summed E-state index contributed by atoms with van der Waals surface area (Å²) in [6, 6.07) is 13.7. The summed E-state index contributed by atoms with van der Waals surface area (Å²) in [6.07, 6.45) is 8.59. The van der Waals surface area contributed by atoms with Crippen LogP contribution in [0.5, 0.6) is 5.75 Å². The molecule has 0 saturated carbocycles. The molecular weight excluding hydrogens is 433 g/mol. The van der Waals surface area contributed by atoms with Gasteiger partial charge in [-0.15, -0.1) is 11.3 Å². The van der Waals surface area contributed by atoms with Crippen molar-refractivity contribution in [2.75, 3.05) is 6.61 Å². The fourth-order valence-electron chi connectivity index (χ4n) is 3.91. The lowest BCUT2D eigenvalue weighted by Crippen LogP contribution is -2.50. The van der Waals surface area contributed by atoms with E-state index in [-0.39, 0.29) is 1.43 Å². The second-order valence-electron chi connectivity index (χ2n) is 7.34. The molecule has 0 N–H and O–H groups in total. The first kappa shape index (κ1) is 20.2. The number of benzene rings is 1. The molecule has 9 heteroatoms. The molecule has 160 valence electrons. The SMILES string of the molecule is O=C([O-])COc1ccc(/C=C/c2ccc3n2[B-](F)(F)[N+]2=C(c4cccs4)C=CC2=C3)cc1.[H+]. The number of fused-ring (bicyclic) bond motifs is 2. The van der Waals surface area contributed by atoms with Crippen molar-refractivity contribution in [3.63, 3.8) is 0 Å². The van der Waals surface area contributed by atoms with E-state index in [1.54, 1.807) is 66.8 Å². The maximum atomic E-state index is 15.8. The van der Waals surface area contributed by atoms with Gasteiger partial charge in [0.25, 0.3) is 0 Å². The molecule has 3 aromatic rings. The van der Waals surface area contributed by atoms with E-state index >= 15 is 8.63 Å². The van der Waals surface area contributed by atoms with Crippen LogP contribution in [0.2, 0.25) is 0 Å². The van der Waals surface area contributed by atoms with Gasteiger partial charge in [-0.25, -0.2) is 0 Å². The first-order valence-corrected chi connectivity index (χ1v) is 10.8. The molecule has 0 aliphatic carbocycles. The molecule has 0 spiro atoms. The van der Waals surface area contributed by atoms with E-state index in [2.05, 4.69) is 0 Å². The number of aliphatic carboxylic acids is 1. The molecule has 5 nitrogen and oxygen atoms in total. The van der Waals surface area contributed by atoms with Crippen LogP contribution in [-0.2, 0) is 4.79 Å². The standard InChI is InChI=1S/C23H17BF2N2O3S/c25-24(26)27-17(6-3-16-4-10-20(11-5-16)31-15-23(29)30)7-8-18(27)14-19-9-12-21(28(19)24)22-2-1-13-32-22/h1-14H,15H2,(H,29,30)/b6-3+. The van der Waals surface area contributed by atoms with E-state index in [4.69, 9.17) is 4.74 Å². The van der Waals surface area contributed by atoms with Crippen LogP contribution in [0.4, 0.5) is 8.63 Å². The lowest BCUT2D eigenvalue weighted by atomic mass is 9.90. The molecule has 1 aromatic carbocycles. The number of carboxylic acids is 1. The molecule has 0 atom stereocenters. The monoisotopic (exact) mass is 450 g/mol. The minimum absolute atomic E-state index is 0. The van der Waals surface area contributed by atoms with E-state index in [1.807, 2.05) is 17.5 Å². The van der Waals surface area contributed by atoms with Gasteiger partial charge in [-0.05, 0) is 47.4 Å². The van der Waals surface area contributed by atoms with E-state index in [1.165, 1.54) is 11.3 Å². The van der Waals surface area contributed by atoms with Crippen LogP contribution in [0.25, 0.3) is 18.2 Å². The third kappa shape index (κ3) is 3.50. The quantitative estimate of drug-likeness (QED) is 0.540. The molecule has 2 aromatic heterocycles. The predicted octanol–water partition coefficient (Wildman–Crippen LogP) is 3.61. The molecule has 2 aliphatic rings. The van der Waals surface area contributed by atoms with Crippen molar-refractivity contribution in [2.24, 2.45) is 0 Å². The smallest absolute Gasteiger partial charge is 0.546 e. The summed E-state index contributed by atoms with van der Waals surface area (Å²) in [4.78, 5) is 11.3. The Balaban J connectivity index is 0.00000259. The summed E-state index contributed by atoms with van der Waals surface area (Å²) in [5, 5.41) is 12.3. The number of hydrogen-bond acceptors (Lipinski definition) is 4. The summed E-state index contributed by atoms with van der Waals surface area (Å²) in [5.74, 6) is -0.920. The molecule has 0 fully saturated rings. The number of nitrogens with zero attached hydrogens (tertiary/aromatic N) is 2. The Bertz CT molecular complexity index is 1330. The van der Waals surface area contributed by atoms with Gasteiger partial charge in [0.1, 0.15) is 12.4 Å². The zero-order chi connectivity index (χ0) is 22.3. The number of carbonyl (C=O) groups is 1. The largest absolute Gasteiger partial charge is 1.00 e.